The summed E-state index contributed by atoms with van der Waals surface area (Å²) < 4.78 is 18.9. The molecule has 2 nitrogen and oxygen atoms in total. The van der Waals surface area contributed by atoms with Crippen LogP contribution in [0.15, 0.2) is 12.1 Å². The Morgan fingerprint density at radius 3 is 2.94 bits per heavy atom. The highest BCUT2D eigenvalue weighted by Gasteiger charge is 2.23. The Labute approximate surface area is 99.7 Å². The third kappa shape index (κ3) is 2.15. The Kier molecular flexibility index (Phi) is 3.66. The lowest BCUT2D eigenvalue weighted by atomic mass is 9.91. The summed E-state index contributed by atoms with van der Waals surface area (Å²) in [5.74, 6) is 0.458. The molecule has 1 aromatic rings. The molecule has 0 amide bonds. The number of halogens is 2. The monoisotopic (exact) mass is 243 g/mol. The van der Waals surface area contributed by atoms with Crippen molar-refractivity contribution in [3.05, 3.63) is 28.5 Å². The van der Waals surface area contributed by atoms with E-state index in [9.17, 15) is 4.39 Å². The van der Waals surface area contributed by atoms with E-state index in [0.717, 1.165) is 25.9 Å². The molecule has 88 valence electrons. The van der Waals surface area contributed by atoms with Crippen LogP contribution in [0, 0.1) is 5.82 Å². The average Bonchev–Trinajstić information content (AvgIpc) is 2.31. The largest absolute Gasteiger partial charge is 0.495 e. The second kappa shape index (κ2) is 5.02. The van der Waals surface area contributed by atoms with Gasteiger partial charge in [0.1, 0.15) is 11.6 Å². The minimum Gasteiger partial charge on any atom is -0.495 e. The van der Waals surface area contributed by atoms with Gasteiger partial charge in [-0.25, -0.2) is 4.39 Å². The van der Waals surface area contributed by atoms with E-state index in [1.54, 1.807) is 13.2 Å². The second-order valence-electron chi connectivity index (χ2n) is 4.02. The van der Waals surface area contributed by atoms with Crippen LogP contribution in [-0.4, -0.2) is 20.2 Å². The minimum atomic E-state index is -0.237. The predicted molar refractivity (Wildman–Crippen MR) is 62.8 cm³/mol. The highest BCUT2D eigenvalue weighted by Crippen LogP contribution is 2.37. The smallest absolute Gasteiger partial charge is 0.137 e. The first-order valence-corrected chi connectivity index (χ1v) is 5.84. The number of nitrogens with one attached hydrogen (secondary N) is 1. The van der Waals surface area contributed by atoms with Gasteiger partial charge in [-0.15, -0.1) is 0 Å². The fraction of sp³-hybridized carbons (Fsp3) is 0.500. The molecule has 16 heavy (non-hydrogen) atoms. The van der Waals surface area contributed by atoms with Crippen LogP contribution in [0.5, 0.6) is 5.75 Å². The normalized spacial score (nSPS) is 20.8. The van der Waals surface area contributed by atoms with Gasteiger partial charge in [0.25, 0.3) is 0 Å². The highest BCUT2D eigenvalue weighted by molar-refractivity contribution is 6.32. The van der Waals surface area contributed by atoms with Crippen LogP contribution in [0.25, 0.3) is 0 Å². The molecule has 0 aromatic heterocycles. The third-order valence-electron chi connectivity index (χ3n) is 3.02. The van der Waals surface area contributed by atoms with Crippen LogP contribution in [-0.2, 0) is 0 Å². The summed E-state index contributed by atoms with van der Waals surface area (Å²) in [4.78, 5) is 0. The van der Waals surface area contributed by atoms with E-state index in [1.165, 1.54) is 6.07 Å². The molecule has 0 spiro atoms. The molecule has 0 bridgehead atoms. The molecular weight excluding hydrogens is 229 g/mol. The van der Waals surface area contributed by atoms with Gasteiger partial charge >= 0.3 is 0 Å². The van der Waals surface area contributed by atoms with Gasteiger partial charge in [-0.1, -0.05) is 11.6 Å². The maximum absolute atomic E-state index is 13.8. The lowest BCUT2D eigenvalue weighted by Gasteiger charge is -2.24. The number of piperidine rings is 1. The average molecular weight is 244 g/mol. The van der Waals surface area contributed by atoms with Gasteiger partial charge in [0.05, 0.1) is 12.1 Å². The maximum Gasteiger partial charge on any atom is 0.137 e. The number of benzene rings is 1. The Hall–Kier alpha value is -0.800. The van der Waals surface area contributed by atoms with Crippen LogP contribution >= 0.6 is 11.6 Å². The summed E-state index contributed by atoms with van der Waals surface area (Å²) in [6.07, 6.45) is 2.02. The maximum atomic E-state index is 13.8. The molecule has 0 radical (unpaired) electrons. The number of hydrogen-bond acceptors (Lipinski definition) is 2. The Morgan fingerprint density at radius 1 is 1.50 bits per heavy atom. The lowest BCUT2D eigenvalue weighted by molar-refractivity contribution is 0.407. The molecule has 1 fully saturated rings. The summed E-state index contributed by atoms with van der Waals surface area (Å²) in [7, 11) is 1.54. The van der Waals surface area contributed by atoms with Gasteiger partial charge < -0.3 is 10.1 Å². The van der Waals surface area contributed by atoms with Crippen molar-refractivity contribution in [2.24, 2.45) is 0 Å². The van der Waals surface area contributed by atoms with E-state index in [2.05, 4.69) is 5.32 Å². The molecule has 1 unspecified atom stereocenters. The van der Waals surface area contributed by atoms with Crippen LogP contribution in [0.1, 0.15) is 24.3 Å². The highest BCUT2D eigenvalue weighted by atomic mass is 35.5. The van der Waals surface area contributed by atoms with Crippen molar-refractivity contribution < 1.29 is 9.13 Å². The fourth-order valence-corrected chi connectivity index (χ4v) is 2.56. The molecule has 1 atom stereocenters. The molecule has 2 rings (SSSR count). The Morgan fingerprint density at radius 2 is 2.31 bits per heavy atom. The molecule has 0 saturated carbocycles. The van der Waals surface area contributed by atoms with Crippen LogP contribution in [0.2, 0.25) is 5.02 Å². The Balaban J connectivity index is 2.37. The first-order chi connectivity index (χ1) is 7.74. The lowest BCUT2D eigenvalue weighted by Crippen LogP contribution is -2.29. The van der Waals surface area contributed by atoms with E-state index in [-0.39, 0.29) is 11.7 Å². The SMILES string of the molecule is COc1ccc(F)c(C2CCCNC2)c1Cl. The number of methoxy groups -OCH3 is 1. The molecule has 4 heteroatoms. The van der Waals surface area contributed by atoms with Gasteiger partial charge in [-0.3, -0.25) is 0 Å². The zero-order valence-electron chi connectivity index (χ0n) is 9.22. The van der Waals surface area contributed by atoms with Crippen LogP contribution < -0.4 is 10.1 Å². The molecule has 0 aliphatic carbocycles. The van der Waals surface area contributed by atoms with Crippen LogP contribution in [0.3, 0.4) is 0 Å². The summed E-state index contributed by atoms with van der Waals surface area (Å²) >= 11 is 6.15. The molecule has 1 N–H and O–H groups in total. The number of ether oxygens (including phenoxy) is 1. The van der Waals surface area contributed by atoms with Gasteiger partial charge in [0.2, 0.25) is 0 Å². The molecule has 1 saturated heterocycles. The van der Waals surface area contributed by atoms with E-state index < -0.39 is 0 Å². The standard InChI is InChI=1S/C12H15ClFNO/c1-16-10-5-4-9(14)11(12(10)13)8-3-2-6-15-7-8/h4-5,8,15H,2-3,6-7H2,1H3. The first kappa shape index (κ1) is 11.7. The minimum absolute atomic E-state index is 0.149. The van der Waals surface area contributed by atoms with Crippen molar-refractivity contribution >= 4 is 11.6 Å². The molecule has 1 aliphatic rings. The molecular formula is C12H15ClFNO. The first-order valence-electron chi connectivity index (χ1n) is 5.46. The van der Waals surface area contributed by atoms with Gasteiger partial charge in [0.15, 0.2) is 0 Å². The summed E-state index contributed by atoms with van der Waals surface area (Å²) in [5, 5.41) is 3.67. The van der Waals surface area contributed by atoms with Crippen molar-refractivity contribution in [2.45, 2.75) is 18.8 Å². The van der Waals surface area contributed by atoms with E-state index in [1.807, 2.05) is 0 Å². The molecule has 1 aliphatic heterocycles. The van der Waals surface area contributed by atoms with E-state index >= 15 is 0 Å². The van der Waals surface area contributed by atoms with Crippen molar-refractivity contribution in [2.75, 3.05) is 20.2 Å². The number of hydrogen-bond donors (Lipinski definition) is 1. The quantitative estimate of drug-likeness (QED) is 0.862. The van der Waals surface area contributed by atoms with E-state index in [4.69, 9.17) is 16.3 Å². The van der Waals surface area contributed by atoms with Crippen molar-refractivity contribution in [1.29, 1.82) is 0 Å². The third-order valence-corrected chi connectivity index (χ3v) is 3.41. The topological polar surface area (TPSA) is 21.3 Å². The summed E-state index contributed by atoms with van der Waals surface area (Å²) in [6, 6.07) is 2.99. The van der Waals surface area contributed by atoms with Crippen molar-refractivity contribution in [3.63, 3.8) is 0 Å². The summed E-state index contributed by atoms with van der Waals surface area (Å²) in [6.45, 7) is 1.78. The molecule has 1 heterocycles. The fourth-order valence-electron chi connectivity index (χ4n) is 2.18. The zero-order chi connectivity index (χ0) is 11.5. The Bertz CT molecular complexity index is 378. The molecule has 1 aromatic carbocycles. The second-order valence-corrected chi connectivity index (χ2v) is 4.40. The van der Waals surface area contributed by atoms with Gasteiger partial charge in [-0.05, 0) is 31.5 Å². The van der Waals surface area contributed by atoms with E-state index in [0.29, 0.717) is 16.3 Å². The number of rotatable bonds is 2. The predicted octanol–water partition coefficient (Wildman–Crippen LogP) is 2.95. The van der Waals surface area contributed by atoms with Gasteiger partial charge in [0, 0.05) is 18.0 Å². The van der Waals surface area contributed by atoms with Crippen molar-refractivity contribution in [3.8, 4) is 5.75 Å². The van der Waals surface area contributed by atoms with Crippen LogP contribution in [0.4, 0.5) is 4.39 Å². The summed E-state index contributed by atoms with van der Waals surface area (Å²) in [5.41, 5.74) is 0.591. The van der Waals surface area contributed by atoms with Crippen molar-refractivity contribution in [1.82, 2.24) is 5.32 Å². The van der Waals surface area contributed by atoms with Gasteiger partial charge in [-0.2, -0.15) is 0 Å². The zero-order valence-corrected chi connectivity index (χ0v) is 9.98.